The van der Waals surface area contributed by atoms with Gasteiger partial charge >= 0.3 is 0 Å². The number of primary amides is 1. The van der Waals surface area contributed by atoms with Crippen LogP contribution in [0.25, 0.3) is 10.8 Å². The number of rotatable bonds is 6. The number of nitrogens with two attached hydrogens (primary N) is 1. The Balaban J connectivity index is 2.23. The van der Waals surface area contributed by atoms with Crippen LogP contribution in [0, 0.1) is 5.92 Å². The highest BCUT2D eigenvalue weighted by atomic mass is 16.6. The van der Waals surface area contributed by atoms with Gasteiger partial charge in [-0.2, -0.15) is 0 Å². The number of amides is 1. The van der Waals surface area contributed by atoms with Crippen LogP contribution in [0.15, 0.2) is 41.6 Å². The molecule has 1 amide bonds. The molecule has 4 nitrogen and oxygen atoms in total. The third-order valence-corrected chi connectivity index (χ3v) is 3.13. The minimum absolute atomic E-state index is 0.418. The zero-order chi connectivity index (χ0) is 15.2. The maximum Gasteiger partial charge on any atom is 0.249 e. The first-order valence-electron chi connectivity index (χ1n) is 7.04. The standard InChI is InChI=1S/C17H20N2O2/c1-12(2)11-21-19-10-9-14-8-7-13-5-3-4-6-15(13)16(14)17(18)20/h3-8,10,12H,9,11H2,1-2H3,(H2,18,20). The van der Waals surface area contributed by atoms with Gasteiger partial charge in [-0.1, -0.05) is 55.4 Å². The highest BCUT2D eigenvalue weighted by Gasteiger charge is 2.11. The van der Waals surface area contributed by atoms with Crippen LogP contribution >= 0.6 is 0 Å². The van der Waals surface area contributed by atoms with Crippen molar-refractivity contribution in [1.82, 2.24) is 0 Å². The molecule has 0 spiro atoms. The van der Waals surface area contributed by atoms with E-state index in [-0.39, 0.29) is 0 Å². The van der Waals surface area contributed by atoms with Crippen LogP contribution < -0.4 is 5.73 Å². The van der Waals surface area contributed by atoms with Crippen molar-refractivity contribution in [2.24, 2.45) is 16.8 Å². The molecule has 21 heavy (non-hydrogen) atoms. The molecule has 2 rings (SSSR count). The van der Waals surface area contributed by atoms with E-state index in [1.807, 2.05) is 36.4 Å². The van der Waals surface area contributed by atoms with Gasteiger partial charge in [-0.3, -0.25) is 4.79 Å². The van der Waals surface area contributed by atoms with Crippen LogP contribution in [0.5, 0.6) is 0 Å². The zero-order valence-corrected chi connectivity index (χ0v) is 12.4. The van der Waals surface area contributed by atoms with Crippen molar-refractivity contribution in [1.29, 1.82) is 0 Å². The first-order valence-corrected chi connectivity index (χ1v) is 7.04. The van der Waals surface area contributed by atoms with Crippen molar-refractivity contribution in [3.05, 3.63) is 47.5 Å². The summed E-state index contributed by atoms with van der Waals surface area (Å²) in [6, 6.07) is 11.6. The second kappa shape index (κ2) is 6.88. The summed E-state index contributed by atoms with van der Waals surface area (Å²) in [5.41, 5.74) is 6.95. The van der Waals surface area contributed by atoms with Crippen molar-refractivity contribution in [3.63, 3.8) is 0 Å². The summed E-state index contributed by atoms with van der Waals surface area (Å²) in [6.45, 7) is 4.70. The number of hydrogen-bond acceptors (Lipinski definition) is 3. The Bertz CT molecular complexity index is 663. The van der Waals surface area contributed by atoms with E-state index in [1.165, 1.54) is 0 Å². The van der Waals surface area contributed by atoms with Crippen molar-refractivity contribution < 1.29 is 9.63 Å². The van der Waals surface area contributed by atoms with Crippen LogP contribution in [0.1, 0.15) is 29.8 Å². The zero-order valence-electron chi connectivity index (χ0n) is 12.4. The van der Waals surface area contributed by atoms with Gasteiger partial charge in [-0.05, 0) is 22.3 Å². The summed E-state index contributed by atoms with van der Waals surface area (Å²) >= 11 is 0. The first kappa shape index (κ1) is 15.0. The molecule has 2 N–H and O–H groups in total. The molecule has 0 aliphatic carbocycles. The monoisotopic (exact) mass is 284 g/mol. The number of nitrogens with zero attached hydrogens (tertiary/aromatic N) is 1. The summed E-state index contributed by atoms with van der Waals surface area (Å²) < 4.78 is 0. The molecule has 0 aliphatic rings. The molecule has 2 aromatic rings. The summed E-state index contributed by atoms with van der Waals surface area (Å²) in [5.74, 6) is 0.0160. The maximum atomic E-state index is 11.8. The number of benzene rings is 2. The van der Waals surface area contributed by atoms with Gasteiger partial charge < -0.3 is 10.6 Å². The molecular formula is C17H20N2O2. The van der Waals surface area contributed by atoms with Crippen molar-refractivity contribution >= 4 is 22.9 Å². The van der Waals surface area contributed by atoms with E-state index < -0.39 is 5.91 Å². The number of fused-ring (bicyclic) bond motifs is 1. The second-order valence-electron chi connectivity index (χ2n) is 5.37. The molecule has 0 saturated carbocycles. The fourth-order valence-corrected chi connectivity index (χ4v) is 2.16. The SMILES string of the molecule is CC(C)CON=CCc1ccc2ccccc2c1C(N)=O. The van der Waals surface area contributed by atoms with E-state index >= 15 is 0 Å². The Morgan fingerprint density at radius 2 is 2.05 bits per heavy atom. The molecule has 0 aliphatic heterocycles. The predicted octanol–water partition coefficient (Wildman–Crippen LogP) is 3.14. The van der Waals surface area contributed by atoms with Crippen LogP contribution in [0.2, 0.25) is 0 Å². The van der Waals surface area contributed by atoms with Gasteiger partial charge in [-0.15, -0.1) is 0 Å². The van der Waals surface area contributed by atoms with Gasteiger partial charge in [0, 0.05) is 12.6 Å². The second-order valence-corrected chi connectivity index (χ2v) is 5.37. The topological polar surface area (TPSA) is 64.7 Å². The summed E-state index contributed by atoms with van der Waals surface area (Å²) in [4.78, 5) is 16.9. The van der Waals surface area contributed by atoms with Crippen molar-refractivity contribution in [2.75, 3.05) is 6.61 Å². The van der Waals surface area contributed by atoms with Crippen LogP contribution in [0.4, 0.5) is 0 Å². The first-order chi connectivity index (χ1) is 10.1. The smallest absolute Gasteiger partial charge is 0.249 e. The number of oxime groups is 1. The van der Waals surface area contributed by atoms with E-state index in [0.29, 0.717) is 24.5 Å². The Labute approximate surface area is 124 Å². The fourth-order valence-electron chi connectivity index (χ4n) is 2.16. The molecule has 4 heteroatoms. The molecule has 0 fully saturated rings. The summed E-state index contributed by atoms with van der Waals surface area (Å²) in [5, 5.41) is 5.79. The molecule has 0 aromatic heterocycles. The van der Waals surface area contributed by atoms with E-state index in [4.69, 9.17) is 10.6 Å². The Morgan fingerprint density at radius 3 is 2.76 bits per heavy atom. The third kappa shape index (κ3) is 3.81. The van der Waals surface area contributed by atoms with Gasteiger partial charge in [0.2, 0.25) is 5.91 Å². The van der Waals surface area contributed by atoms with Crippen molar-refractivity contribution in [3.8, 4) is 0 Å². The molecule has 0 atom stereocenters. The van der Waals surface area contributed by atoms with E-state index in [9.17, 15) is 4.79 Å². The highest BCUT2D eigenvalue weighted by Crippen LogP contribution is 2.22. The largest absolute Gasteiger partial charge is 0.396 e. The average Bonchev–Trinajstić information content (AvgIpc) is 2.45. The fraction of sp³-hybridized carbons (Fsp3) is 0.294. The van der Waals surface area contributed by atoms with Gasteiger partial charge in [0.25, 0.3) is 0 Å². The third-order valence-electron chi connectivity index (χ3n) is 3.13. The van der Waals surface area contributed by atoms with Crippen LogP contribution in [0.3, 0.4) is 0 Å². The maximum absolute atomic E-state index is 11.8. The van der Waals surface area contributed by atoms with E-state index in [0.717, 1.165) is 16.3 Å². The van der Waals surface area contributed by atoms with Gasteiger partial charge in [0.15, 0.2) is 0 Å². The lowest BCUT2D eigenvalue weighted by molar-refractivity contribution is 0.100. The predicted molar refractivity (Wildman–Crippen MR) is 85.5 cm³/mol. The molecule has 0 heterocycles. The lowest BCUT2D eigenvalue weighted by atomic mass is 9.97. The lowest BCUT2D eigenvalue weighted by Gasteiger charge is -2.08. The Kier molecular flexibility index (Phi) is 4.93. The van der Waals surface area contributed by atoms with Crippen LogP contribution in [-0.2, 0) is 11.3 Å². The quantitative estimate of drug-likeness (QED) is 0.654. The minimum Gasteiger partial charge on any atom is -0.396 e. The number of carbonyl (C=O) groups is 1. The van der Waals surface area contributed by atoms with Crippen LogP contribution in [-0.4, -0.2) is 18.7 Å². The molecule has 110 valence electrons. The molecule has 2 aromatic carbocycles. The Hall–Kier alpha value is -2.36. The molecule has 0 bridgehead atoms. The normalized spacial score (nSPS) is 11.4. The number of carbonyl (C=O) groups excluding carboxylic acids is 1. The van der Waals surface area contributed by atoms with Gasteiger partial charge in [-0.25, -0.2) is 0 Å². The minimum atomic E-state index is -0.418. The van der Waals surface area contributed by atoms with E-state index in [2.05, 4.69) is 19.0 Å². The van der Waals surface area contributed by atoms with Gasteiger partial charge in [0.05, 0.1) is 5.56 Å². The van der Waals surface area contributed by atoms with E-state index in [1.54, 1.807) is 6.21 Å². The average molecular weight is 284 g/mol. The molecular weight excluding hydrogens is 264 g/mol. The Morgan fingerprint density at radius 1 is 1.29 bits per heavy atom. The van der Waals surface area contributed by atoms with Crippen molar-refractivity contribution in [2.45, 2.75) is 20.3 Å². The molecule has 0 radical (unpaired) electrons. The van der Waals surface area contributed by atoms with Gasteiger partial charge in [0.1, 0.15) is 6.61 Å². The summed E-state index contributed by atoms with van der Waals surface area (Å²) in [6.07, 6.45) is 2.18. The molecule has 0 saturated heterocycles. The highest BCUT2D eigenvalue weighted by molar-refractivity contribution is 6.08. The number of hydrogen-bond donors (Lipinski definition) is 1. The molecule has 0 unspecified atom stereocenters. The lowest BCUT2D eigenvalue weighted by Crippen LogP contribution is -2.14. The summed E-state index contributed by atoms with van der Waals surface area (Å²) in [7, 11) is 0.